The Balaban J connectivity index is 1.76. The third-order valence-corrected chi connectivity index (χ3v) is 6.11. The second-order valence-corrected chi connectivity index (χ2v) is 8.81. The van der Waals surface area contributed by atoms with Crippen molar-refractivity contribution < 1.29 is 8.42 Å². The molecule has 0 spiro atoms. The van der Waals surface area contributed by atoms with Gasteiger partial charge in [0.1, 0.15) is 0 Å². The van der Waals surface area contributed by atoms with Gasteiger partial charge < -0.3 is 5.32 Å². The zero-order valence-corrected chi connectivity index (χ0v) is 15.7. The molecule has 4 nitrogen and oxygen atoms in total. The Labute approximate surface area is 142 Å². The summed E-state index contributed by atoms with van der Waals surface area (Å²) in [5, 5.41) is 3.57. The monoisotopic (exact) mass is 388 g/mol. The zero-order valence-electron chi connectivity index (χ0n) is 13.3. The normalized spacial score (nSPS) is 18.5. The van der Waals surface area contributed by atoms with Crippen LogP contribution < -0.4 is 5.32 Å². The van der Waals surface area contributed by atoms with Crippen LogP contribution in [0.1, 0.15) is 30.9 Å². The van der Waals surface area contributed by atoms with Gasteiger partial charge in [0.25, 0.3) is 0 Å². The highest BCUT2D eigenvalue weighted by molar-refractivity contribution is 9.10. The lowest BCUT2D eigenvalue weighted by atomic mass is 9.88. The largest absolute Gasteiger partial charge is 0.314 e. The van der Waals surface area contributed by atoms with Crippen LogP contribution in [0.5, 0.6) is 0 Å². The van der Waals surface area contributed by atoms with Crippen molar-refractivity contribution in [2.75, 3.05) is 25.9 Å². The van der Waals surface area contributed by atoms with E-state index in [1.165, 1.54) is 21.7 Å². The number of halogens is 1. The lowest BCUT2D eigenvalue weighted by Crippen LogP contribution is -2.37. The summed E-state index contributed by atoms with van der Waals surface area (Å²) in [6.07, 6.45) is 5.45. The number of nitrogens with zero attached hydrogens (tertiary/aromatic N) is 1. The molecule has 0 saturated heterocycles. The van der Waals surface area contributed by atoms with E-state index in [9.17, 15) is 8.42 Å². The van der Waals surface area contributed by atoms with E-state index in [0.717, 1.165) is 36.7 Å². The first-order valence-electron chi connectivity index (χ1n) is 7.86. The van der Waals surface area contributed by atoms with Gasteiger partial charge in [-0.2, -0.15) is 0 Å². The summed E-state index contributed by atoms with van der Waals surface area (Å²) < 4.78 is 25.7. The molecule has 0 radical (unpaired) electrons. The number of hydrogen-bond acceptors (Lipinski definition) is 3. The Morgan fingerprint density at radius 3 is 2.82 bits per heavy atom. The molecule has 0 saturated carbocycles. The van der Waals surface area contributed by atoms with Gasteiger partial charge in [0, 0.05) is 23.6 Å². The molecule has 0 aromatic heterocycles. The molecule has 1 aromatic rings. The Morgan fingerprint density at radius 2 is 2.14 bits per heavy atom. The smallest absolute Gasteiger partial charge is 0.211 e. The molecule has 22 heavy (non-hydrogen) atoms. The predicted octanol–water partition coefficient (Wildman–Crippen LogP) is 2.57. The van der Waals surface area contributed by atoms with Crippen LogP contribution in [-0.4, -0.2) is 44.7 Å². The maximum absolute atomic E-state index is 11.5. The van der Waals surface area contributed by atoms with Crippen molar-refractivity contribution in [3.05, 3.63) is 33.8 Å². The Bertz CT molecular complexity index is 604. The summed E-state index contributed by atoms with van der Waals surface area (Å²) in [5.74, 6) is 0. The molecule has 0 aliphatic heterocycles. The van der Waals surface area contributed by atoms with Gasteiger partial charge in [0.2, 0.25) is 10.0 Å². The molecular formula is C16H25BrN2O2S. The van der Waals surface area contributed by atoms with E-state index in [-0.39, 0.29) is 0 Å². The van der Waals surface area contributed by atoms with E-state index in [4.69, 9.17) is 0 Å². The minimum Gasteiger partial charge on any atom is -0.314 e. The molecule has 0 fully saturated rings. The van der Waals surface area contributed by atoms with Crippen molar-refractivity contribution in [2.45, 2.75) is 38.6 Å². The molecule has 1 unspecified atom stereocenters. The number of hydrogen-bond donors (Lipinski definition) is 1. The quantitative estimate of drug-likeness (QED) is 0.730. The molecule has 0 amide bonds. The maximum atomic E-state index is 11.5. The number of sulfonamides is 1. The molecular weight excluding hydrogens is 364 g/mol. The first-order chi connectivity index (χ1) is 10.4. The van der Waals surface area contributed by atoms with Gasteiger partial charge in [-0.25, -0.2) is 12.7 Å². The average Bonchev–Trinajstić information content (AvgIpc) is 2.46. The van der Waals surface area contributed by atoms with Gasteiger partial charge in [-0.15, -0.1) is 0 Å². The Morgan fingerprint density at radius 1 is 1.36 bits per heavy atom. The fraction of sp³-hybridized carbons (Fsp3) is 0.625. The molecule has 1 aliphatic rings. The van der Waals surface area contributed by atoms with Crippen LogP contribution in [0.2, 0.25) is 0 Å². The summed E-state index contributed by atoms with van der Waals surface area (Å²) in [4.78, 5) is 0. The molecule has 1 aromatic carbocycles. The van der Waals surface area contributed by atoms with E-state index in [0.29, 0.717) is 19.1 Å². The first-order valence-corrected chi connectivity index (χ1v) is 10.5. The fourth-order valence-electron chi connectivity index (χ4n) is 3.02. The highest BCUT2D eigenvalue weighted by Crippen LogP contribution is 2.24. The van der Waals surface area contributed by atoms with Crippen molar-refractivity contribution in [2.24, 2.45) is 0 Å². The van der Waals surface area contributed by atoms with Crippen molar-refractivity contribution >= 4 is 26.0 Å². The second-order valence-electron chi connectivity index (χ2n) is 5.92. The lowest BCUT2D eigenvalue weighted by molar-refractivity contribution is 0.399. The topological polar surface area (TPSA) is 49.4 Å². The van der Waals surface area contributed by atoms with Gasteiger partial charge in [-0.05, 0) is 55.5 Å². The van der Waals surface area contributed by atoms with Gasteiger partial charge in [-0.1, -0.05) is 28.9 Å². The van der Waals surface area contributed by atoms with E-state index in [1.807, 2.05) is 6.92 Å². The number of nitrogens with one attached hydrogen (secondary N) is 1. The number of rotatable bonds is 7. The second kappa shape index (κ2) is 7.90. The van der Waals surface area contributed by atoms with Crippen LogP contribution in [0.4, 0.5) is 0 Å². The molecule has 0 heterocycles. The Kier molecular flexibility index (Phi) is 6.44. The van der Waals surface area contributed by atoms with Gasteiger partial charge in [0.05, 0.1) is 6.26 Å². The van der Waals surface area contributed by atoms with E-state index >= 15 is 0 Å². The van der Waals surface area contributed by atoms with Crippen molar-refractivity contribution in [3.8, 4) is 0 Å². The SMILES string of the molecule is CCN(CCCNC1CCc2cc(Br)ccc2C1)S(C)(=O)=O. The standard InChI is InChI=1S/C16H25BrN2O2S/c1-3-19(22(2,20)21)10-4-9-18-16-8-6-13-11-15(17)7-5-14(13)12-16/h5,7,11,16,18H,3-4,6,8-10,12H2,1-2H3. The van der Waals surface area contributed by atoms with Crippen LogP contribution in [0.3, 0.4) is 0 Å². The van der Waals surface area contributed by atoms with Crippen molar-refractivity contribution in [3.63, 3.8) is 0 Å². The van der Waals surface area contributed by atoms with E-state index < -0.39 is 10.0 Å². The summed E-state index contributed by atoms with van der Waals surface area (Å²) in [6.45, 7) is 3.89. The van der Waals surface area contributed by atoms with Crippen LogP contribution >= 0.6 is 15.9 Å². The molecule has 1 atom stereocenters. The van der Waals surface area contributed by atoms with Crippen LogP contribution in [-0.2, 0) is 22.9 Å². The first kappa shape index (κ1) is 17.9. The van der Waals surface area contributed by atoms with E-state index in [1.54, 1.807) is 0 Å². The maximum Gasteiger partial charge on any atom is 0.211 e. The third kappa shape index (κ3) is 5.05. The predicted molar refractivity (Wildman–Crippen MR) is 94.7 cm³/mol. The number of aryl methyl sites for hydroxylation is 1. The number of benzene rings is 1. The molecule has 1 N–H and O–H groups in total. The fourth-order valence-corrected chi connectivity index (χ4v) is 4.36. The minimum absolute atomic E-state index is 0.502. The molecule has 1 aliphatic carbocycles. The van der Waals surface area contributed by atoms with Crippen LogP contribution in [0, 0.1) is 0 Å². The minimum atomic E-state index is -3.06. The van der Waals surface area contributed by atoms with Crippen LogP contribution in [0.15, 0.2) is 22.7 Å². The molecule has 6 heteroatoms. The molecule has 2 rings (SSSR count). The summed E-state index contributed by atoms with van der Waals surface area (Å²) in [6, 6.07) is 7.03. The number of fused-ring (bicyclic) bond motifs is 1. The summed E-state index contributed by atoms with van der Waals surface area (Å²) in [5.41, 5.74) is 2.87. The van der Waals surface area contributed by atoms with Gasteiger partial charge >= 0.3 is 0 Å². The summed E-state index contributed by atoms with van der Waals surface area (Å²) >= 11 is 3.52. The van der Waals surface area contributed by atoms with E-state index in [2.05, 4.69) is 39.4 Å². The zero-order chi connectivity index (χ0) is 16.2. The highest BCUT2D eigenvalue weighted by atomic mass is 79.9. The third-order valence-electron chi connectivity index (χ3n) is 4.24. The van der Waals surface area contributed by atoms with Crippen molar-refractivity contribution in [1.82, 2.24) is 9.62 Å². The van der Waals surface area contributed by atoms with Crippen molar-refractivity contribution in [1.29, 1.82) is 0 Å². The average molecular weight is 389 g/mol. The van der Waals surface area contributed by atoms with Gasteiger partial charge in [-0.3, -0.25) is 0 Å². The molecule has 0 bridgehead atoms. The summed E-state index contributed by atoms with van der Waals surface area (Å²) in [7, 11) is -3.06. The lowest BCUT2D eigenvalue weighted by Gasteiger charge is -2.26. The molecule has 124 valence electrons. The van der Waals surface area contributed by atoms with Gasteiger partial charge in [0.15, 0.2) is 0 Å². The Hall–Kier alpha value is -0.430. The van der Waals surface area contributed by atoms with Crippen LogP contribution in [0.25, 0.3) is 0 Å². The highest BCUT2D eigenvalue weighted by Gasteiger charge is 2.18.